The van der Waals surface area contributed by atoms with E-state index in [9.17, 15) is 4.79 Å². The molecule has 0 radical (unpaired) electrons. The number of rotatable bonds is 3. The molecule has 1 heterocycles. The van der Waals surface area contributed by atoms with Crippen LogP contribution in [0.15, 0.2) is 0 Å². The molecule has 1 aliphatic heterocycles. The van der Waals surface area contributed by atoms with Crippen molar-refractivity contribution in [2.75, 3.05) is 32.7 Å². The van der Waals surface area contributed by atoms with Crippen LogP contribution in [0.5, 0.6) is 0 Å². The van der Waals surface area contributed by atoms with Crippen LogP contribution in [0.2, 0.25) is 0 Å². The third-order valence-electron chi connectivity index (χ3n) is 2.57. The first-order valence-corrected chi connectivity index (χ1v) is 5.26. The number of amides is 1. The van der Waals surface area contributed by atoms with Crippen molar-refractivity contribution < 1.29 is 4.79 Å². The van der Waals surface area contributed by atoms with E-state index in [1.54, 1.807) is 0 Å². The average molecular weight is 209 g/mol. The van der Waals surface area contributed by atoms with Gasteiger partial charge in [0, 0.05) is 26.2 Å². The topological polar surface area (TPSA) is 44.4 Å². The maximum atomic E-state index is 12.1. The van der Waals surface area contributed by atoms with Crippen molar-refractivity contribution in [3.8, 4) is 12.3 Å². The van der Waals surface area contributed by atoms with Crippen LogP contribution in [0.25, 0.3) is 0 Å². The Hall–Kier alpha value is -1.05. The summed E-state index contributed by atoms with van der Waals surface area (Å²) in [5, 5.41) is 6.28. The van der Waals surface area contributed by atoms with Gasteiger partial charge in [-0.25, -0.2) is 0 Å². The molecule has 0 atom stereocenters. The first kappa shape index (κ1) is 12.0. The van der Waals surface area contributed by atoms with E-state index >= 15 is 0 Å². The van der Waals surface area contributed by atoms with E-state index in [4.69, 9.17) is 6.42 Å². The Morgan fingerprint density at radius 1 is 1.53 bits per heavy atom. The second-order valence-electron chi connectivity index (χ2n) is 4.22. The number of piperazine rings is 1. The Kier molecular flexibility index (Phi) is 4.13. The molecular weight excluding hydrogens is 190 g/mol. The molecule has 1 rings (SSSR count). The summed E-state index contributed by atoms with van der Waals surface area (Å²) in [5.41, 5.74) is -0.566. The molecule has 4 heteroatoms. The van der Waals surface area contributed by atoms with Crippen LogP contribution < -0.4 is 10.6 Å². The van der Waals surface area contributed by atoms with Gasteiger partial charge in [0.15, 0.2) is 0 Å². The summed E-state index contributed by atoms with van der Waals surface area (Å²) in [4.78, 5) is 14.0. The van der Waals surface area contributed by atoms with Gasteiger partial charge >= 0.3 is 0 Å². The van der Waals surface area contributed by atoms with Gasteiger partial charge in [0.25, 0.3) is 0 Å². The third-order valence-corrected chi connectivity index (χ3v) is 2.57. The summed E-state index contributed by atoms with van der Waals surface area (Å²) >= 11 is 0. The normalized spacial score (nSPS) is 17.3. The fraction of sp³-hybridized carbons (Fsp3) is 0.727. The van der Waals surface area contributed by atoms with Crippen LogP contribution in [-0.4, -0.2) is 49.1 Å². The first-order chi connectivity index (χ1) is 7.08. The van der Waals surface area contributed by atoms with Gasteiger partial charge in [-0.3, -0.25) is 10.1 Å². The largest absolute Gasteiger partial charge is 0.339 e. The highest BCUT2D eigenvalue weighted by atomic mass is 16.2. The number of terminal acetylenes is 1. The molecule has 0 aromatic rings. The van der Waals surface area contributed by atoms with E-state index < -0.39 is 5.54 Å². The van der Waals surface area contributed by atoms with E-state index in [0.29, 0.717) is 6.54 Å². The second kappa shape index (κ2) is 5.15. The predicted octanol–water partition coefficient (Wildman–Crippen LogP) is -0.580. The summed E-state index contributed by atoms with van der Waals surface area (Å²) in [6, 6.07) is 0. The highest BCUT2D eigenvalue weighted by Crippen LogP contribution is 2.08. The molecule has 0 saturated carbocycles. The molecular formula is C11H19N3O. The van der Waals surface area contributed by atoms with Crippen molar-refractivity contribution in [1.29, 1.82) is 0 Å². The summed E-state index contributed by atoms with van der Waals surface area (Å²) in [6.45, 7) is 7.46. The lowest BCUT2D eigenvalue weighted by atomic mass is 10.0. The van der Waals surface area contributed by atoms with Crippen molar-refractivity contribution in [1.82, 2.24) is 15.5 Å². The minimum absolute atomic E-state index is 0.124. The van der Waals surface area contributed by atoms with Gasteiger partial charge in [-0.1, -0.05) is 5.92 Å². The fourth-order valence-corrected chi connectivity index (χ4v) is 1.61. The fourth-order valence-electron chi connectivity index (χ4n) is 1.61. The minimum Gasteiger partial charge on any atom is -0.339 e. The number of hydrogen-bond donors (Lipinski definition) is 2. The summed E-state index contributed by atoms with van der Waals surface area (Å²) in [6.07, 6.45) is 5.17. The first-order valence-electron chi connectivity index (χ1n) is 5.26. The molecule has 84 valence electrons. The summed E-state index contributed by atoms with van der Waals surface area (Å²) < 4.78 is 0. The van der Waals surface area contributed by atoms with Crippen molar-refractivity contribution in [3.05, 3.63) is 0 Å². The Balaban J connectivity index is 2.53. The molecule has 0 aliphatic carbocycles. The zero-order chi connectivity index (χ0) is 11.3. The van der Waals surface area contributed by atoms with Crippen LogP contribution in [0, 0.1) is 12.3 Å². The smallest absolute Gasteiger partial charge is 0.242 e. The van der Waals surface area contributed by atoms with Crippen molar-refractivity contribution in [2.45, 2.75) is 19.4 Å². The zero-order valence-corrected chi connectivity index (χ0v) is 9.47. The highest BCUT2D eigenvalue weighted by Gasteiger charge is 2.31. The number of carbonyl (C=O) groups is 1. The van der Waals surface area contributed by atoms with Gasteiger partial charge in [0.05, 0.1) is 12.1 Å². The minimum atomic E-state index is -0.566. The van der Waals surface area contributed by atoms with E-state index in [1.807, 2.05) is 18.7 Å². The molecule has 1 fully saturated rings. The lowest BCUT2D eigenvalue weighted by molar-refractivity contribution is -0.137. The molecule has 0 unspecified atom stereocenters. The van der Waals surface area contributed by atoms with Crippen LogP contribution >= 0.6 is 0 Å². The van der Waals surface area contributed by atoms with Crippen LogP contribution in [0.4, 0.5) is 0 Å². The van der Waals surface area contributed by atoms with Gasteiger partial charge in [0.1, 0.15) is 0 Å². The number of nitrogens with one attached hydrogen (secondary N) is 2. The highest BCUT2D eigenvalue weighted by molar-refractivity contribution is 5.85. The third kappa shape index (κ3) is 3.22. The maximum Gasteiger partial charge on any atom is 0.242 e. The van der Waals surface area contributed by atoms with E-state index in [2.05, 4.69) is 16.6 Å². The molecule has 0 aromatic carbocycles. The average Bonchev–Trinajstić information content (AvgIpc) is 2.26. The van der Waals surface area contributed by atoms with Gasteiger partial charge < -0.3 is 10.2 Å². The number of hydrogen-bond acceptors (Lipinski definition) is 3. The molecule has 0 bridgehead atoms. The Morgan fingerprint density at radius 2 is 2.13 bits per heavy atom. The monoisotopic (exact) mass is 209 g/mol. The molecule has 1 amide bonds. The summed E-state index contributed by atoms with van der Waals surface area (Å²) in [7, 11) is 0. The number of carbonyl (C=O) groups excluding carboxylic acids is 1. The Bertz CT molecular complexity index is 261. The van der Waals surface area contributed by atoms with E-state index in [-0.39, 0.29) is 5.91 Å². The maximum absolute atomic E-state index is 12.1. The second-order valence-corrected chi connectivity index (χ2v) is 4.22. The molecule has 2 N–H and O–H groups in total. The number of nitrogens with zero attached hydrogens (tertiary/aromatic N) is 1. The van der Waals surface area contributed by atoms with Gasteiger partial charge in [-0.05, 0) is 13.8 Å². The summed E-state index contributed by atoms with van der Waals surface area (Å²) in [5.74, 6) is 2.61. The SMILES string of the molecule is C#CCNC(C)(C)C(=O)N1CCNCC1. The van der Waals surface area contributed by atoms with Crippen molar-refractivity contribution in [3.63, 3.8) is 0 Å². The van der Waals surface area contributed by atoms with Crippen molar-refractivity contribution >= 4 is 5.91 Å². The van der Waals surface area contributed by atoms with Gasteiger partial charge in [-0.15, -0.1) is 6.42 Å². The molecule has 4 nitrogen and oxygen atoms in total. The van der Waals surface area contributed by atoms with Crippen molar-refractivity contribution in [2.24, 2.45) is 0 Å². The van der Waals surface area contributed by atoms with Crippen LogP contribution in [0.3, 0.4) is 0 Å². The van der Waals surface area contributed by atoms with Crippen LogP contribution in [0.1, 0.15) is 13.8 Å². The molecule has 0 aromatic heterocycles. The lowest BCUT2D eigenvalue weighted by Crippen LogP contribution is -2.58. The van der Waals surface area contributed by atoms with Crippen LogP contribution in [-0.2, 0) is 4.79 Å². The van der Waals surface area contributed by atoms with Gasteiger partial charge in [0.2, 0.25) is 5.91 Å². The van der Waals surface area contributed by atoms with Gasteiger partial charge in [-0.2, -0.15) is 0 Å². The molecule has 1 aliphatic rings. The Morgan fingerprint density at radius 3 is 2.67 bits per heavy atom. The quantitative estimate of drug-likeness (QED) is 0.611. The standard InChI is InChI=1S/C11H19N3O/c1-4-5-13-11(2,3)10(15)14-8-6-12-7-9-14/h1,12-13H,5-9H2,2-3H3. The van der Waals surface area contributed by atoms with E-state index in [1.165, 1.54) is 0 Å². The molecule has 15 heavy (non-hydrogen) atoms. The molecule has 1 saturated heterocycles. The lowest BCUT2D eigenvalue weighted by Gasteiger charge is -2.34. The van der Waals surface area contributed by atoms with E-state index in [0.717, 1.165) is 26.2 Å². The predicted molar refractivity (Wildman–Crippen MR) is 60.4 cm³/mol. The Labute approximate surface area is 91.4 Å². The zero-order valence-electron chi connectivity index (χ0n) is 9.47. The molecule has 0 spiro atoms.